The number of likely N-dealkylation sites (tertiary alicyclic amines) is 1. The number of ether oxygens (including phenoxy) is 1. The van der Waals surface area contributed by atoms with Gasteiger partial charge in [0.2, 0.25) is 11.8 Å². The van der Waals surface area contributed by atoms with Crippen LogP contribution in [0.3, 0.4) is 0 Å². The first-order valence-corrected chi connectivity index (χ1v) is 14.0. The number of Topliss-reactive ketones (excluding diaryl/α,β-unsaturated/α-hetero) is 1. The fourth-order valence-electron chi connectivity index (χ4n) is 7.20. The molecule has 3 fully saturated rings. The van der Waals surface area contributed by atoms with Crippen LogP contribution in [0.1, 0.15) is 22.3 Å². The zero-order valence-corrected chi connectivity index (χ0v) is 21.9. The maximum atomic E-state index is 13.7. The third-order valence-corrected chi connectivity index (χ3v) is 9.21. The Kier molecular flexibility index (Phi) is 5.99. The third kappa shape index (κ3) is 4.10. The van der Waals surface area contributed by atoms with E-state index >= 15 is 0 Å². The van der Waals surface area contributed by atoms with E-state index in [2.05, 4.69) is 12.2 Å². The van der Waals surface area contributed by atoms with Crippen molar-refractivity contribution in [3.05, 3.63) is 108 Å². The standard InChI is InChI=1S/C34H29NO5/c36-29(23-13-11-22(12-14-23)21-9-5-2-6-10-21)19-40-34(39)28(17-20-7-3-1-4-8-20)35-32(37)30-24-15-16-25(27-18-26(24)27)31(30)33(35)38/h1-16,24-28,30-31H,17-19H2/t24-,25-,26-,27-,28-,30+,31+/m0/s1. The Morgan fingerprint density at radius 2 is 1.30 bits per heavy atom. The van der Waals surface area contributed by atoms with E-state index in [1.165, 1.54) is 4.90 Å². The largest absolute Gasteiger partial charge is 0.456 e. The van der Waals surface area contributed by atoms with Crippen LogP contribution in [0.2, 0.25) is 0 Å². The molecule has 1 aliphatic heterocycles. The van der Waals surface area contributed by atoms with Crippen molar-refractivity contribution in [3.63, 3.8) is 0 Å². The van der Waals surface area contributed by atoms with Gasteiger partial charge in [-0.1, -0.05) is 97.1 Å². The van der Waals surface area contributed by atoms with Crippen LogP contribution in [-0.4, -0.2) is 41.1 Å². The highest BCUT2D eigenvalue weighted by Gasteiger charge is 2.68. The van der Waals surface area contributed by atoms with Gasteiger partial charge in [-0.25, -0.2) is 4.79 Å². The molecule has 0 spiro atoms. The second-order valence-corrected chi connectivity index (χ2v) is 11.4. The number of ketones is 1. The molecule has 0 radical (unpaired) electrons. The van der Waals surface area contributed by atoms with Gasteiger partial charge in [0, 0.05) is 12.0 Å². The molecule has 7 atom stereocenters. The summed E-state index contributed by atoms with van der Waals surface area (Å²) in [4.78, 5) is 55.1. The summed E-state index contributed by atoms with van der Waals surface area (Å²) in [6, 6.07) is 25.2. The van der Waals surface area contributed by atoms with Gasteiger partial charge in [0.05, 0.1) is 11.8 Å². The summed E-state index contributed by atoms with van der Waals surface area (Å²) in [5.41, 5.74) is 3.25. The molecule has 0 aromatic heterocycles. The number of hydrogen-bond donors (Lipinski definition) is 0. The van der Waals surface area contributed by atoms with Gasteiger partial charge in [-0.3, -0.25) is 19.3 Å². The first-order chi connectivity index (χ1) is 19.5. The highest BCUT2D eigenvalue weighted by atomic mass is 16.5. The molecule has 2 saturated carbocycles. The average Bonchev–Trinajstić information content (AvgIpc) is 3.78. The molecule has 3 aromatic rings. The van der Waals surface area contributed by atoms with Gasteiger partial charge in [0.25, 0.3) is 0 Å². The van der Waals surface area contributed by atoms with Gasteiger partial charge in [-0.2, -0.15) is 0 Å². The van der Waals surface area contributed by atoms with Crippen LogP contribution in [0.25, 0.3) is 11.1 Å². The lowest BCUT2D eigenvalue weighted by Crippen LogP contribution is -2.48. The smallest absolute Gasteiger partial charge is 0.330 e. The van der Waals surface area contributed by atoms with Crippen molar-refractivity contribution in [1.29, 1.82) is 0 Å². The molecule has 0 N–H and O–H groups in total. The second kappa shape index (κ2) is 9.70. The first-order valence-electron chi connectivity index (χ1n) is 14.0. The molecule has 5 aliphatic rings. The number of esters is 1. The SMILES string of the molecule is O=C(COC(=O)[C@H](Cc1ccccc1)N1C(=O)[C@@H]2[C@H]3C=C[C@@H]([C@@H]4C[C@@H]34)[C@H]2C1=O)c1ccc(-c2ccccc2)cc1. The lowest BCUT2D eigenvalue weighted by molar-refractivity contribution is -0.158. The summed E-state index contributed by atoms with van der Waals surface area (Å²) in [5.74, 6) is -1.36. The van der Waals surface area contributed by atoms with Crippen LogP contribution in [-0.2, 0) is 25.5 Å². The van der Waals surface area contributed by atoms with E-state index in [9.17, 15) is 19.2 Å². The normalized spacial score (nSPS) is 28.1. The Bertz CT molecular complexity index is 1480. The van der Waals surface area contributed by atoms with Crippen LogP contribution in [0.5, 0.6) is 0 Å². The molecule has 40 heavy (non-hydrogen) atoms. The van der Waals surface area contributed by atoms with Gasteiger partial charge < -0.3 is 4.74 Å². The number of rotatable bonds is 8. The molecule has 200 valence electrons. The molecule has 6 nitrogen and oxygen atoms in total. The molecule has 4 aliphatic carbocycles. The van der Waals surface area contributed by atoms with Crippen molar-refractivity contribution in [2.45, 2.75) is 18.9 Å². The predicted molar refractivity (Wildman–Crippen MR) is 148 cm³/mol. The summed E-state index contributed by atoms with van der Waals surface area (Å²) in [6.45, 7) is -0.463. The maximum absolute atomic E-state index is 13.7. The van der Waals surface area contributed by atoms with Crippen molar-refractivity contribution in [2.75, 3.05) is 6.61 Å². The number of benzene rings is 3. The minimum absolute atomic E-state index is 0.0651. The van der Waals surface area contributed by atoms with Crippen molar-refractivity contribution in [2.24, 2.45) is 35.5 Å². The zero-order chi connectivity index (χ0) is 27.4. The molecular weight excluding hydrogens is 502 g/mol. The highest BCUT2D eigenvalue weighted by molar-refractivity contribution is 6.09. The molecular formula is C34H29NO5. The van der Waals surface area contributed by atoms with E-state index in [4.69, 9.17) is 4.74 Å². The fourth-order valence-corrected chi connectivity index (χ4v) is 7.20. The van der Waals surface area contributed by atoms with Crippen LogP contribution in [0.15, 0.2) is 97.1 Å². The number of carbonyl (C=O) groups is 4. The van der Waals surface area contributed by atoms with Gasteiger partial charge >= 0.3 is 5.97 Å². The van der Waals surface area contributed by atoms with E-state index in [1.807, 2.05) is 72.8 Å². The summed E-state index contributed by atoms with van der Waals surface area (Å²) in [5, 5.41) is 0. The highest BCUT2D eigenvalue weighted by Crippen LogP contribution is 2.65. The van der Waals surface area contributed by atoms with Crippen LogP contribution < -0.4 is 0 Å². The van der Waals surface area contributed by atoms with Crippen LogP contribution >= 0.6 is 0 Å². The number of carbonyl (C=O) groups excluding carboxylic acids is 4. The molecule has 2 bridgehead atoms. The number of allylic oxidation sites excluding steroid dienone is 2. The summed E-state index contributed by atoms with van der Waals surface area (Å²) in [7, 11) is 0. The molecule has 0 unspecified atom stereocenters. The Morgan fingerprint density at radius 3 is 1.90 bits per heavy atom. The van der Waals surface area contributed by atoms with Crippen molar-refractivity contribution in [1.82, 2.24) is 4.90 Å². The van der Waals surface area contributed by atoms with E-state index in [0.717, 1.165) is 23.1 Å². The van der Waals surface area contributed by atoms with E-state index in [1.54, 1.807) is 12.1 Å². The predicted octanol–water partition coefficient (Wildman–Crippen LogP) is 4.74. The number of nitrogens with zero attached hydrogens (tertiary/aromatic N) is 1. The van der Waals surface area contributed by atoms with Gasteiger partial charge in [-0.15, -0.1) is 0 Å². The molecule has 3 aromatic carbocycles. The van der Waals surface area contributed by atoms with E-state index in [0.29, 0.717) is 17.4 Å². The number of imide groups is 1. The Balaban J connectivity index is 1.09. The maximum Gasteiger partial charge on any atom is 0.330 e. The minimum Gasteiger partial charge on any atom is -0.456 e. The zero-order valence-electron chi connectivity index (χ0n) is 21.9. The number of amides is 2. The minimum atomic E-state index is -1.11. The van der Waals surface area contributed by atoms with Gasteiger partial charge in [0.15, 0.2) is 12.4 Å². The topological polar surface area (TPSA) is 80.8 Å². The summed E-state index contributed by atoms with van der Waals surface area (Å²) < 4.78 is 5.52. The molecule has 6 heteroatoms. The summed E-state index contributed by atoms with van der Waals surface area (Å²) in [6.07, 6.45) is 5.44. The van der Waals surface area contributed by atoms with E-state index < -0.39 is 30.5 Å². The molecule has 8 rings (SSSR count). The Morgan fingerprint density at radius 1 is 0.750 bits per heavy atom. The fraction of sp³-hybridized carbons (Fsp3) is 0.294. The molecule has 1 saturated heterocycles. The van der Waals surface area contributed by atoms with Crippen LogP contribution in [0, 0.1) is 35.5 Å². The van der Waals surface area contributed by atoms with Gasteiger partial charge in [-0.05, 0) is 46.8 Å². The lowest BCUT2D eigenvalue weighted by Gasteiger charge is -2.37. The van der Waals surface area contributed by atoms with Crippen molar-refractivity contribution in [3.8, 4) is 11.1 Å². The second-order valence-electron chi connectivity index (χ2n) is 11.4. The third-order valence-electron chi connectivity index (χ3n) is 9.21. The Hall–Kier alpha value is -4.32. The number of hydrogen-bond acceptors (Lipinski definition) is 5. The average molecular weight is 532 g/mol. The van der Waals surface area contributed by atoms with Crippen LogP contribution in [0.4, 0.5) is 0 Å². The monoisotopic (exact) mass is 531 g/mol. The molecule has 2 amide bonds. The molecule has 1 heterocycles. The quantitative estimate of drug-likeness (QED) is 0.182. The van der Waals surface area contributed by atoms with E-state index in [-0.39, 0.29) is 35.9 Å². The van der Waals surface area contributed by atoms with Crippen molar-refractivity contribution < 1.29 is 23.9 Å². The Labute approximate surface area is 232 Å². The van der Waals surface area contributed by atoms with Crippen molar-refractivity contribution >= 4 is 23.6 Å². The van der Waals surface area contributed by atoms with Gasteiger partial charge in [0.1, 0.15) is 6.04 Å². The lowest BCUT2D eigenvalue weighted by atomic mass is 9.63. The summed E-state index contributed by atoms with van der Waals surface area (Å²) >= 11 is 0. The first kappa shape index (κ1) is 24.7.